The first-order chi connectivity index (χ1) is 14.6. The Morgan fingerprint density at radius 2 is 1.63 bits per heavy atom. The molecule has 0 bridgehead atoms. The van der Waals surface area contributed by atoms with Crippen molar-refractivity contribution in [3.8, 4) is 11.1 Å². The molecule has 4 nitrogen and oxygen atoms in total. The summed E-state index contributed by atoms with van der Waals surface area (Å²) >= 11 is 0. The van der Waals surface area contributed by atoms with E-state index in [1.54, 1.807) is 0 Å². The Hall–Kier alpha value is -2.72. The van der Waals surface area contributed by atoms with Crippen molar-refractivity contribution in [2.75, 3.05) is 13.1 Å². The summed E-state index contributed by atoms with van der Waals surface area (Å²) in [7, 11) is 0. The summed E-state index contributed by atoms with van der Waals surface area (Å²) < 4.78 is 2.10. The van der Waals surface area contributed by atoms with E-state index < -0.39 is 0 Å². The van der Waals surface area contributed by atoms with Crippen LogP contribution in [0.15, 0.2) is 60.9 Å². The average molecular weight is 402 g/mol. The molecule has 2 aromatic carbocycles. The lowest BCUT2D eigenvalue weighted by atomic mass is 9.96. The van der Waals surface area contributed by atoms with Gasteiger partial charge in [0.15, 0.2) is 5.78 Å². The van der Waals surface area contributed by atoms with Gasteiger partial charge in [-0.2, -0.15) is 5.10 Å². The Balaban J connectivity index is 1.29. The molecule has 4 rings (SSSR count). The molecule has 0 aliphatic carbocycles. The Morgan fingerprint density at radius 3 is 2.20 bits per heavy atom. The lowest BCUT2D eigenvalue weighted by Crippen LogP contribution is -2.34. The Labute approximate surface area is 179 Å². The minimum atomic E-state index is 0.195. The van der Waals surface area contributed by atoms with E-state index in [-0.39, 0.29) is 5.78 Å². The molecule has 0 amide bonds. The maximum Gasteiger partial charge on any atom is 0.162 e. The van der Waals surface area contributed by atoms with Gasteiger partial charge in [-0.05, 0) is 61.0 Å². The van der Waals surface area contributed by atoms with Gasteiger partial charge in [-0.3, -0.25) is 14.4 Å². The average Bonchev–Trinajstić information content (AvgIpc) is 3.20. The number of carbonyl (C=O) groups is 1. The van der Waals surface area contributed by atoms with E-state index in [0.717, 1.165) is 43.2 Å². The number of ketones is 1. The number of rotatable bonds is 7. The minimum absolute atomic E-state index is 0.195. The molecular weight excluding hydrogens is 370 g/mol. The molecule has 1 fully saturated rings. The monoisotopic (exact) mass is 401 g/mol. The molecule has 1 aliphatic heterocycles. The van der Waals surface area contributed by atoms with Crippen molar-refractivity contribution in [2.45, 2.75) is 46.2 Å². The topological polar surface area (TPSA) is 38.1 Å². The van der Waals surface area contributed by atoms with Crippen LogP contribution >= 0.6 is 0 Å². The predicted octanol–water partition coefficient (Wildman–Crippen LogP) is 5.36. The van der Waals surface area contributed by atoms with Gasteiger partial charge in [-0.15, -0.1) is 0 Å². The van der Waals surface area contributed by atoms with Crippen LogP contribution in [0.4, 0.5) is 0 Å². The van der Waals surface area contributed by atoms with Crippen LogP contribution in [0.5, 0.6) is 0 Å². The van der Waals surface area contributed by atoms with Crippen molar-refractivity contribution in [3.05, 3.63) is 77.6 Å². The van der Waals surface area contributed by atoms with Gasteiger partial charge < -0.3 is 0 Å². The number of aromatic nitrogens is 2. The molecule has 4 heteroatoms. The number of Topliss-reactive ketones (excluding diaryl/α,β-unsaturated/α-hetero) is 1. The molecule has 0 radical (unpaired) electrons. The first-order valence-electron chi connectivity index (χ1n) is 11.0. The van der Waals surface area contributed by atoms with Crippen LogP contribution in [0.2, 0.25) is 0 Å². The maximum absolute atomic E-state index is 11.8. The summed E-state index contributed by atoms with van der Waals surface area (Å²) in [5.74, 6) is 0.922. The number of hydrogen-bond acceptors (Lipinski definition) is 3. The number of carbonyl (C=O) groups excluding carboxylic acids is 1. The second-order valence-electron chi connectivity index (χ2n) is 8.51. The third-order valence-corrected chi connectivity index (χ3v) is 6.14. The molecule has 0 saturated carbocycles. The fraction of sp³-hybridized carbons (Fsp3) is 0.385. The second kappa shape index (κ2) is 9.40. The van der Waals surface area contributed by atoms with Gasteiger partial charge in [0.05, 0.1) is 6.20 Å². The summed E-state index contributed by atoms with van der Waals surface area (Å²) in [5, 5.41) is 4.43. The molecule has 0 spiro atoms. The lowest BCUT2D eigenvalue weighted by Gasteiger charge is -2.32. The highest BCUT2D eigenvalue weighted by Gasteiger charge is 2.20. The zero-order valence-electron chi connectivity index (χ0n) is 18.1. The fourth-order valence-electron chi connectivity index (χ4n) is 4.27. The molecule has 1 aromatic heterocycles. The Morgan fingerprint density at radius 1 is 1.00 bits per heavy atom. The third-order valence-electron chi connectivity index (χ3n) is 6.14. The smallest absolute Gasteiger partial charge is 0.162 e. The third kappa shape index (κ3) is 5.06. The number of benzene rings is 2. The zero-order valence-corrected chi connectivity index (χ0v) is 18.1. The Bertz CT molecular complexity index is 964. The van der Waals surface area contributed by atoms with Gasteiger partial charge in [-0.1, -0.05) is 55.5 Å². The van der Waals surface area contributed by atoms with Crippen molar-refractivity contribution < 1.29 is 4.79 Å². The molecule has 1 aliphatic rings. The van der Waals surface area contributed by atoms with Gasteiger partial charge in [-0.25, -0.2) is 0 Å². The molecule has 156 valence electrons. The van der Waals surface area contributed by atoms with E-state index in [2.05, 4.69) is 52.1 Å². The normalized spacial score (nSPS) is 15.4. The number of nitrogens with zero attached hydrogens (tertiary/aromatic N) is 3. The van der Waals surface area contributed by atoms with E-state index in [9.17, 15) is 4.79 Å². The highest BCUT2D eigenvalue weighted by atomic mass is 16.1. The maximum atomic E-state index is 11.8. The summed E-state index contributed by atoms with van der Waals surface area (Å²) in [6.45, 7) is 8.35. The highest BCUT2D eigenvalue weighted by Crippen LogP contribution is 2.23. The van der Waals surface area contributed by atoms with Crippen LogP contribution in [0.1, 0.15) is 47.7 Å². The molecule has 1 saturated heterocycles. The van der Waals surface area contributed by atoms with Gasteiger partial charge in [0, 0.05) is 31.3 Å². The van der Waals surface area contributed by atoms with Crippen molar-refractivity contribution in [3.63, 3.8) is 0 Å². The van der Waals surface area contributed by atoms with Crippen LogP contribution in [0, 0.1) is 12.8 Å². The van der Waals surface area contributed by atoms with Gasteiger partial charge >= 0.3 is 0 Å². The van der Waals surface area contributed by atoms with E-state index in [1.807, 2.05) is 37.4 Å². The van der Waals surface area contributed by atoms with E-state index in [4.69, 9.17) is 0 Å². The summed E-state index contributed by atoms with van der Waals surface area (Å²) in [5.41, 5.74) is 5.74. The van der Waals surface area contributed by atoms with E-state index in [1.165, 1.54) is 29.5 Å². The molecule has 3 aromatic rings. The molecule has 30 heavy (non-hydrogen) atoms. The van der Waals surface area contributed by atoms with E-state index >= 15 is 0 Å². The SMILES string of the molecule is CCC(=O)c1ccc(-c2ccc(CN3CCC(Cn4cc(C)cn4)CC3)cc2)cc1. The van der Waals surface area contributed by atoms with Gasteiger partial charge in [0.25, 0.3) is 0 Å². The van der Waals surface area contributed by atoms with Crippen LogP contribution in [0.3, 0.4) is 0 Å². The quantitative estimate of drug-likeness (QED) is 0.500. The molecule has 0 N–H and O–H groups in total. The van der Waals surface area contributed by atoms with Gasteiger partial charge in [0.2, 0.25) is 0 Å². The molecule has 0 atom stereocenters. The number of hydrogen-bond donors (Lipinski definition) is 0. The highest BCUT2D eigenvalue weighted by molar-refractivity contribution is 5.96. The van der Waals surface area contributed by atoms with Gasteiger partial charge in [0.1, 0.15) is 0 Å². The van der Waals surface area contributed by atoms with Crippen molar-refractivity contribution in [2.24, 2.45) is 5.92 Å². The first-order valence-corrected chi connectivity index (χ1v) is 11.0. The summed E-state index contributed by atoms with van der Waals surface area (Å²) in [4.78, 5) is 14.4. The van der Waals surface area contributed by atoms with Crippen LogP contribution in [0.25, 0.3) is 11.1 Å². The summed E-state index contributed by atoms with van der Waals surface area (Å²) in [6, 6.07) is 16.8. The molecule has 0 unspecified atom stereocenters. The zero-order chi connectivity index (χ0) is 20.9. The molecular formula is C26H31N3O. The standard InChI is InChI=1S/C26H31N3O/c1-3-26(30)25-10-8-24(9-11-25)23-6-4-21(5-7-23)18-28-14-12-22(13-15-28)19-29-17-20(2)16-27-29/h4-11,16-17,22H,3,12-15,18-19H2,1-2H3. The minimum Gasteiger partial charge on any atom is -0.299 e. The van der Waals surface area contributed by atoms with Crippen molar-refractivity contribution >= 4 is 5.78 Å². The number of piperidine rings is 1. The number of likely N-dealkylation sites (tertiary alicyclic amines) is 1. The van der Waals surface area contributed by atoms with Crippen molar-refractivity contribution in [1.29, 1.82) is 0 Å². The van der Waals surface area contributed by atoms with Crippen LogP contribution in [-0.4, -0.2) is 33.6 Å². The second-order valence-corrected chi connectivity index (χ2v) is 8.51. The summed E-state index contributed by atoms with van der Waals surface area (Å²) in [6.07, 6.45) is 7.11. The predicted molar refractivity (Wildman–Crippen MR) is 121 cm³/mol. The fourth-order valence-corrected chi connectivity index (χ4v) is 4.27. The number of aryl methyl sites for hydroxylation is 1. The molecule has 2 heterocycles. The van der Waals surface area contributed by atoms with Crippen LogP contribution < -0.4 is 0 Å². The van der Waals surface area contributed by atoms with Crippen LogP contribution in [-0.2, 0) is 13.1 Å². The van der Waals surface area contributed by atoms with E-state index in [0.29, 0.717) is 6.42 Å². The largest absolute Gasteiger partial charge is 0.299 e. The van der Waals surface area contributed by atoms with Crippen molar-refractivity contribution in [1.82, 2.24) is 14.7 Å². The Kier molecular flexibility index (Phi) is 6.44. The lowest BCUT2D eigenvalue weighted by molar-refractivity contribution is 0.0988. The first kappa shape index (κ1) is 20.5.